The van der Waals surface area contributed by atoms with Crippen LogP contribution in [0.1, 0.15) is 23.0 Å². The summed E-state index contributed by atoms with van der Waals surface area (Å²) >= 11 is 0. The summed E-state index contributed by atoms with van der Waals surface area (Å²) in [5.41, 5.74) is 1.75. The van der Waals surface area contributed by atoms with Gasteiger partial charge in [0.15, 0.2) is 0 Å². The number of hydrogen-bond donors (Lipinski definition) is 0. The van der Waals surface area contributed by atoms with E-state index in [9.17, 15) is 13.6 Å². The first kappa shape index (κ1) is 13.7. The van der Waals surface area contributed by atoms with Crippen molar-refractivity contribution in [3.63, 3.8) is 0 Å². The lowest BCUT2D eigenvalue weighted by Crippen LogP contribution is -2.43. The Balaban J connectivity index is 1.89. The Labute approximate surface area is 120 Å². The van der Waals surface area contributed by atoms with E-state index >= 15 is 0 Å². The monoisotopic (exact) mass is 292 g/mol. The Hall–Kier alpha value is -2.31. The predicted octanol–water partition coefficient (Wildman–Crippen LogP) is 1.92. The number of carbonyl (C=O) groups excluding carboxylic acids is 1. The zero-order valence-corrected chi connectivity index (χ0v) is 11.5. The van der Waals surface area contributed by atoms with Gasteiger partial charge >= 0.3 is 0 Å². The molecule has 0 aromatic carbocycles. The quantitative estimate of drug-likeness (QED) is 0.868. The van der Waals surface area contributed by atoms with Gasteiger partial charge in [-0.05, 0) is 12.1 Å². The second-order valence-corrected chi connectivity index (χ2v) is 5.19. The number of aromatic nitrogens is 3. The van der Waals surface area contributed by atoms with Gasteiger partial charge in [0.1, 0.15) is 0 Å². The van der Waals surface area contributed by atoms with Gasteiger partial charge in [-0.2, -0.15) is 5.10 Å². The van der Waals surface area contributed by atoms with Crippen LogP contribution in [0.15, 0.2) is 30.7 Å². The zero-order valence-electron chi connectivity index (χ0n) is 11.5. The van der Waals surface area contributed by atoms with Gasteiger partial charge in [0.25, 0.3) is 11.8 Å². The fraction of sp³-hybridized carbons (Fsp3) is 0.357. The highest BCUT2D eigenvalue weighted by Gasteiger charge is 2.33. The maximum absolute atomic E-state index is 13.1. The van der Waals surface area contributed by atoms with E-state index in [-0.39, 0.29) is 6.54 Å². The van der Waals surface area contributed by atoms with Crippen molar-refractivity contribution in [1.82, 2.24) is 19.7 Å². The van der Waals surface area contributed by atoms with Crippen LogP contribution >= 0.6 is 0 Å². The molecule has 0 bridgehead atoms. The van der Waals surface area contributed by atoms with E-state index in [4.69, 9.17) is 0 Å². The second-order valence-electron chi connectivity index (χ2n) is 5.19. The van der Waals surface area contributed by atoms with Crippen LogP contribution in [-0.4, -0.2) is 44.6 Å². The van der Waals surface area contributed by atoms with Crippen molar-refractivity contribution in [3.8, 4) is 5.69 Å². The minimum atomic E-state index is -2.90. The van der Waals surface area contributed by atoms with Crippen LogP contribution in [0.2, 0.25) is 0 Å². The van der Waals surface area contributed by atoms with Crippen molar-refractivity contribution >= 4 is 5.91 Å². The molecular formula is C14H14F2N4O. The van der Waals surface area contributed by atoms with Crippen LogP contribution in [-0.2, 0) is 6.42 Å². The van der Waals surface area contributed by atoms with E-state index in [2.05, 4.69) is 10.1 Å². The maximum Gasteiger partial charge on any atom is 0.262 e. The van der Waals surface area contributed by atoms with Gasteiger partial charge < -0.3 is 4.90 Å². The second kappa shape index (κ2) is 4.91. The first-order chi connectivity index (χ1) is 9.94. The lowest BCUT2D eigenvalue weighted by molar-refractivity contribution is -0.0118. The van der Waals surface area contributed by atoms with Gasteiger partial charge in [-0.3, -0.25) is 9.78 Å². The predicted molar refractivity (Wildman–Crippen MR) is 71.6 cm³/mol. The Kier molecular flexibility index (Phi) is 3.19. The van der Waals surface area contributed by atoms with Gasteiger partial charge in [-0.25, -0.2) is 13.5 Å². The molecular weight excluding hydrogens is 278 g/mol. The summed E-state index contributed by atoms with van der Waals surface area (Å²) in [5, 5.41) is 4.34. The summed E-state index contributed by atoms with van der Waals surface area (Å²) in [5.74, 6) is -3.29. The van der Waals surface area contributed by atoms with Crippen LogP contribution in [0.5, 0.6) is 0 Å². The molecule has 0 aliphatic carbocycles. The van der Waals surface area contributed by atoms with Crippen LogP contribution in [0.25, 0.3) is 5.69 Å². The topological polar surface area (TPSA) is 51.0 Å². The molecule has 0 radical (unpaired) electrons. The summed E-state index contributed by atoms with van der Waals surface area (Å²) in [7, 11) is 0. The van der Waals surface area contributed by atoms with E-state index < -0.39 is 18.4 Å². The summed E-state index contributed by atoms with van der Waals surface area (Å²) in [6.45, 7) is 0.511. The summed E-state index contributed by atoms with van der Waals surface area (Å²) in [4.78, 5) is 17.4. The van der Waals surface area contributed by atoms with E-state index in [1.165, 1.54) is 4.90 Å². The van der Waals surface area contributed by atoms with Crippen LogP contribution < -0.4 is 0 Å². The lowest BCUT2D eigenvalue weighted by atomic mass is 10.1. The van der Waals surface area contributed by atoms with Crippen molar-refractivity contribution in [2.75, 3.05) is 13.1 Å². The number of nitrogens with zero attached hydrogens (tertiary/aromatic N) is 4. The molecule has 21 heavy (non-hydrogen) atoms. The number of pyridine rings is 1. The summed E-state index contributed by atoms with van der Waals surface area (Å²) in [6.07, 6.45) is 5.32. The number of halogens is 2. The molecule has 0 atom stereocenters. The van der Waals surface area contributed by atoms with E-state index in [0.29, 0.717) is 17.7 Å². The average molecular weight is 292 g/mol. The molecule has 3 rings (SSSR count). The molecule has 1 aliphatic rings. The normalized spacial score (nSPS) is 15.2. The fourth-order valence-corrected chi connectivity index (χ4v) is 2.39. The largest absolute Gasteiger partial charge is 0.332 e. The first-order valence-corrected chi connectivity index (χ1v) is 6.60. The molecule has 5 nitrogen and oxygen atoms in total. The molecule has 3 heterocycles. The Bertz CT molecular complexity index is 663. The van der Waals surface area contributed by atoms with Crippen molar-refractivity contribution in [2.24, 2.45) is 0 Å². The van der Waals surface area contributed by atoms with Crippen LogP contribution in [0.3, 0.4) is 0 Å². The molecule has 0 spiro atoms. The molecule has 1 amide bonds. The molecule has 0 N–H and O–H groups in total. The van der Waals surface area contributed by atoms with Gasteiger partial charge in [0, 0.05) is 32.3 Å². The number of alkyl halides is 2. The van der Waals surface area contributed by atoms with Gasteiger partial charge in [-0.15, -0.1) is 0 Å². The smallest absolute Gasteiger partial charge is 0.262 e. The number of fused-ring (bicyclic) bond motifs is 1. The van der Waals surface area contributed by atoms with Crippen molar-refractivity contribution in [2.45, 2.75) is 19.3 Å². The van der Waals surface area contributed by atoms with E-state index in [0.717, 1.165) is 12.6 Å². The third-order valence-electron chi connectivity index (χ3n) is 3.31. The van der Waals surface area contributed by atoms with Crippen molar-refractivity contribution < 1.29 is 13.6 Å². The standard InChI is InChI=1S/C14H14F2N4O/c1-14(15,16)9-19-6-4-12-11(13(19)21)8-20(18-12)10-3-2-5-17-7-10/h2-3,5,7-8H,4,6,9H2,1H3. The van der Waals surface area contributed by atoms with Gasteiger partial charge in [0.2, 0.25) is 0 Å². The highest BCUT2D eigenvalue weighted by atomic mass is 19.3. The third kappa shape index (κ3) is 2.76. The highest BCUT2D eigenvalue weighted by molar-refractivity contribution is 5.96. The van der Waals surface area contributed by atoms with E-state index in [1.807, 2.05) is 6.07 Å². The number of hydrogen-bond acceptors (Lipinski definition) is 3. The number of rotatable bonds is 3. The summed E-state index contributed by atoms with van der Waals surface area (Å²) in [6, 6.07) is 3.58. The molecule has 110 valence electrons. The average Bonchev–Trinajstić information content (AvgIpc) is 2.87. The zero-order chi connectivity index (χ0) is 15.0. The number of carbonyl (C=O) groups is 1. The molecule has 2 aromatic heterocycles. The van der Waals surface area contributed by atoms with Crippen LogP contribution in [0.4, 0.5) is 8.78 Å². The lowest BCUT2D eigenvalue weighted by Gasteiger charge is -2.28. The Morgan fingerprint density at radius 1 is 1.43 bits per heavy atom. The first-order valence-electron chi connectivity index (χ1n) is 6.60. The van der Waals surface area contributed by atoms with Gasteiger partial charge in [0.05, 0.1) is 29.7 Å². The van der Waals surface area contributed by atoms with E-state index in [1.54, 1.807) is 29.3 Å². The third-order valence-corrected chi connectivity index (χ3v) is 3.31. The van der Waals surface area contributed by atoms with Crippen molar-refractivity contribution in [3.05, 3.63) is 42.0 Å². The minimum absolute atomic E-state index is 0.263. The molecule has 1 aliphatic heterocycles. The maximum atomic E-state index is 13.1. The Morgan fingerprint density at radius 2 is 2.24 bits per heavy atom. The summed E-state index contributed by atoms with van der Waals surface area (Å²) < 4.78 is 27.8. The molecule has 7 heteroatoms. The number of amides is 1. The highest BCUT2D eigenvalue weighted by Crippen LogP contribution is 2.22. The molecule has 2 aromatic rings. The van der Waals surface area contributed by atoms with Gasteiger partial charge in [-0.1, -0.05) is 0 Å². The van der Waals surface area contributed by atoms with Crippen molar-refractivity contribution in [1.29, 1.82) is 0 Å². The molecule has 0 unspecified atom stereocenters. The minimum Gasteiger partial charge on any atom is -0.332 e. The van der Waals surface area contributed by atoms with Crippen LogP contribution in [0, 0.1) is 0 Å². The molecule has 0 saturated carbocycles. The SMILES string of the molecule is CC(F)(F)CN1CCc2nn(-c3cccnc3)cc2C1=O. The fourth-order valence-electron chi connectivity index (χ4n) is 2.39. The molecule has 0 saturated heterocycles. The molecule has 0 fully saturated rings. The Morgan fingerprint density at radius 3 is 2.90 bits per heavy atom.